The Bertz CT molecular complexity index is 744. The lowest BCUT2D eigenvalue weighted by Gasteiger charge is -2.41. The molecule has 1 fully saturated rings. The van der Waals surface area contributed by atoms with E-state index in [0.717, 1.165) is 30.0 Å². The van der Waals surface area contributed by atoms with Crippen molar-refractivity contribution in [3.8, 4) is 0 Å². The molecule has 1 aliphatic rings. The van der Waals surface area contributed by atoms with Crippen LogP contribution in [0.25, 0.3) is 0 Å². The van der Waals surface area contributed by atoms with E-state index in [1.165, 1.54) is 0 Å². The molecule has 2 aromatic heterocycles. The quantitative estimate of drug-likeness (QED) is 0.854. The van der Waals surface area contributed by atoms with Crippen molar-refractivity contribution in [2.75, 3.05) is 31.6 Å². The Hall–Kier alpha value is -2.48. The maximum atomic E-state index is 12.6. The highest BCUT2D eigenvalue weighted by atomic mass is 16.5. The molecule has 3 heterocycles. The van der Waals surface area contributed by atoms with Crippen LogP contribution in [0.5, 0.6) is 0 Å². The van der Waals surface area contributed by atoms with Gasteiger partial charge in [0.25, 0.3) is 0 Å². The van der Waals surface area contributed by atoms with Gasteiger partial charge in [0.15, 0.2) is 0 Å². The lowest BCUT2D eigenvalue weighted by Crippen LogP contribution is -2.55. The number of nitrogens with zero attached hydrogens (tertiary/aromatic N) is 5. The SMILES string of the molecule is Cc1noc(C)c1CC(=O)N(C)C[C@@]1(O)CCCN(c2cnccn2)C1. The van der Waals surface area contributed by atoms with Gasteiger partial charge in [-0.15, -0.1) is 0 Å². The summed E-state index contributed by atoms with van der Waals surface area (Å²) in [6.07, 6.45) is 6.66. The van der Waals surface area contributed by atoms with Gasteiger partial charge in [0.05, 0.1) is 30.5 Å². The van der Waals surface area contributed by atoms with Crippen LogP contribution in [-0.4, -0.2) is 63.3 Å². The van der Waals surface area contributed by atoms with Gasteiger partial charge >= 0.3 is 0 Å². The molecular formula is C18H25N5O3. The molecule has 140 valence electrons. The van der Waals surface area contributed by atoms with Crippen LogP contribution >= 0.6 is 0 Å². The van der Waals surface area contributed by atoms with Crippen molar-refractivity contribution in [2.24, 2.45) is 0 Å². The van der Waals surface area contributed by atoms with E-state index >= 15 is 0 Å². The minimum absolute atomic E-state index is 0.0653. The Morgan fingerprint density at radius 2 is 2.23 bits per heavy atom. The van der Waals surface area contributed by atoms with Gasteiger partial charge in [-0.2, -0.15) is 0 Å². The summed E-state index contributed by atoms with van der Waals surface area (Å²) in [7, 11) is 1.72. The zero-order valence-electron chi connectivity index (χ0n) is 15.5. The molecule has 1 aliphatic heterocycles. The van der Waals surface area contributed by atoms with Crippen molar-refractivity contribution in [3.05, 3.63) is 35.6 Å². The summed E-state index contributed by atoms with van der Waals surface area (Å²) in [6.45, 7) is 5.14. The molecule has 1 saturated heterocycles. The predicted octanol–water partition coefficient (Wildman–Crippen LogP) is 1.11. The van der Waals surface area contributed by atoms with Crippen molar-refractivity contribution >= 4 is 11.7 Å². The zero-order chi connectivity index (χ0) is 18.7. The number of amides is 1. The van der Waals surface area contributed by atoms with E-state index < -0.39 is 5.60 Å². The molecule has 8 heteroatoms. The molecular weight excluding hydrogens is 334 g/mol. The van der Waals surface area contributed by atoms with Crippen molar-refractivity contribution < 1.29 is 14.4 Å². The van der Waals surface area contributed by atoms with E-state index in [1.54, 1.807) is 37.5 Å². The van der Waals surface area contributed by atoms with Gasteiger partial charge in [0, 0.05) is 38.1 Å². The number of β-amino-alcohol motifs (C(OH)–C–C–N with tert-alkyl or cyclic N) is 1. The van der Waals surface area contributed by atoms with Crippen LogP contribution < -0.4 is 4.90 Å². The molecule has 0 spiro atoms. The predicted molar refractivity (Wildman–Crippen MR) is 95.7 cm³/mol. The van der Waals surface area contributed by atoms with Gasteiger partial charge in [-0.05, 0) is 26.7 Å². The lowest BCUT2D eigenvalue weighted by atomic mass is 9.92. The molecule has 0 saturated carbocycles. The Kier molecular flexibility index (Phi) is 5.22. The molecule has 2 aromatic rings. The molecule has 26 heavy (non-hydrogen) atoms. The van der Waals surface area contributed by atoms with Crippen molar-refractivity contribution in [3.63, 3.8) is 0 Å². The second-order valence-electron chi connectivity index (χ2n) is 7.04. The molecule has 1 N–H and O–H groups in total. The highest BCUT2D eigenvalue weighted by Gasteiger charge is 2.36. The number of hydrogen-bond donors (Lipinski definition) is 1. The molecule has 3 rings (SSSR count). The molecule has 0 bridgehead atoms. The molecule has 0 unspecified atom stereocenters. The maximum Gasteiger partial charge on any atom is 0.227 e. The summed E-state index contributed by atoms with van der Waals surface area (Å²) in [5.74, 6) is 1.34. The number of aliphatic hydroxyl groups is 1. The summed E-state index contributed by atoms with van der Waals surface area (Å²) < 4.78 is 5.12. The third kappa shape index (κ3) is 4.01. The lowest BCUT2D eigenvalue weighted by molar-refractivity contribution is -0.132. The first-order valence-electron chi connectivity index (χ1n) is 8.77. The molecule has 0 aromatic carbocycles. The van der Waals surface area contributed by atoms with E-state index in [1.807, 2.05) is 11.8 Å². The zero-order valence-corrected chi connectivity index (χ0v) is 15.5. The van der Waals surface area contributed by atoms with Crippen LogP contribution in [0.3, 0.4) is 0 Å². The Morgan fingerprint density at radius 1 is 1.42 bits per heavy atom. The third-order valence-corrected chi connectivity index (χ3v) is 4.90. The smallest absolute Gasteiger partial charge is 0.227 e. The second-order valence-corrected chi connectivity index (χ2v) is 7.04. The Morgan fingerprint density at radius 3 is 2.88 bits per heavy atom. The first-order valence-corrected chi connectivity index (χ1v) is 8.77. The molecule has 8 nitrogen and oxygen atoms in total. The summed E-state index contributed by atoms with van der Waals surface area (Å²) in [5.41, 5.74) is 0.576. The normalized spacial score (nSPS) is 20.2. The largest absolute Gasteiger partial charge is 0.386 e. The first-order chi connectivity index (χ1) is 12.4. The van der Waals surface area contributed by atoms with Crippen molar-refractivity contribution in [1.29, 1.82) is 0 Å². The van der Waals surface area contributed by atoms with Crippen LogP contribution in [0.1, 0.15) is 29.9 Å². The Balaban J connectivity index is 1.64. The van der Waals surface area contributed by atoms with Crippen LogP contribution in [0.4, 0.5) is 5.82 Å². The van der Waals surface area contributed by atoms with Gasteiger partial charge in [0.2, 0.25) is 5.91 Å². The number of rotatable bonds is 5. The summed E-state index contributed by atoms with van der Waals surface area (Å²) in [5, 5.41) is 14.9. The van der Waals surface area contributed by atoms with Crippen molar-refractivity contribution in [1.82, 2.24) is 20.0 Å². The van der Waals surface area contributed by atoms with E-state index in [4.69, 9.17) is 4.52 Å². The second kappa shape index (κ2) is 7.41. The first kappa shape index (κ1) is 18.3. The average Bonchev–Trinajstić information content (AvgIpc) is 2.94. The summed E-state index contributed by atoms with van der Waals surface area (Å²) in [4.78, 5) is 24.6. The van der Waals surface area contributed by atoms with Crippen LogP contribution in [0, 0.1) is 13.8 Å². The standard InChI is InChI=1S/C18H25N5O3/c1-13-15(14(2)26-21-13)9-17(24)22(3)11-18(25)5-4-8-23(12-18)16-10-19-6-7-20-16/h6-7,10,25H,4-5,8-9,11-12H2,1-3H3/t18-/m0/s1. The van der Waals surface area contributed by atoms with Crippen molar-refractivity contribution in [2.45, 2.75) is 38.7 Å². The van der Waals surface area contributed by atoms with Crippen LogP contribution in [0.15, 0.2) is 23.1 Å². The summed E-state index contributed by atoms with van der Waals surface area (Å²) in [6, 6.07) is 0. The van der Waals surface area contributed by atoms with Crippen LogP contribution in [0.2, 0.25) is 0 Å². The van der Waals surface area contributed by atoms with Gasteiger partial charge in [-0.25, -0.2) is 4.98 Å². The van der Waals surface area contributed by atoms with Gasteiger partial charge in [-0.1, -0.05) is 5.16 Å². The number of anilines is 1. The highest BCUT2D eigenvalue weighted by molar-refractivity contribution is 5.79. The van der Waals surface area contributed by atoms with E-state index in [9.17, 15) is 9.90 Å². The number of hydrogen-bond acceptors (Lipinski definition) is 7. The topological polar surface area (TPSA) is 95.6 Å². The number of likely N-dealkylation sites (N-methyl/N-ethyl adjacent to an activating group) is 1. The molecule has 0 radical (unpaired) electrons. The van der Waals surface area contributed by atoms with E-state index in [-0.39, 0.29) is 18.9 Å². The summed E-state index contributed by atoms with van der Waals surface area (Å²) >= 11 is 0. The fourth-order valence-corrected chi connectivity index (χ4v) is 3.46. The number of piperidine rings is 1. The van der Waals surface area contributed by atoms with Gasteiger partial charge < -0.3 is 19.4 Å². The number of aromatic nitrogens is 3. The monoisotopic (exact) mass is 359 g/mol. The number of aryl methyl sites for hydroxylation is 2. The molecule has 0 aliphatic carbocycles. The molecule has 1 atom stereocenters. The average molecular weight is 359 g/mol. The minimum atomic E-state index is -0.973. The van der Waals surface area contributed by atoms with Gasteiger partial charge in [0.1, 0.15) is 11.6 Å². The highest BCUT2D eigenvalue weighted by Crippen LogP contribution is 2.25. The Labute approximate surface area is 152 Å². The molecule has 1 amide bonds. The maximum absolute atomic E-state index is 12.6. The van der Waals surface area contributed by atoms with Crippen LogP contribution in [-0.2, 0) is 11.2 Å². The van der Waals surface area contributed by atoms with Gasteiger partial charge in [-0.3, -0.25) is 9.78 Å². The van der Waals surface area contributed by atoms with E-state index in [2.05, 4.69) is 15.1 Å². The fraction of sp³-hybridized carbons (Fsp3) is 0.556. The number of carbonyl (C=O) groups is 1. The fourth-order valence-electron chi connectivity index (χ4n) is 3.46. The number of carbonyl (C=O) groups excluding carboxylic acids is 1. The minimum Gasteiger partial charge on any atom is -0.386 e. The van der Waals surface area contributed by atoms with E-state index in [0.29, 0.717) is 18.7 Å². The third-order valence-electron chi connectivity index (χ3n) is 4.90.